The van der Waals surface area contributed by atoms with Crippen LogP contribution in [0.5, 0.6) is 0 Å². The molecule has 0 saturated carbocycles. The molecule has 3 heterocycles. The van der Waals surface area contributed by atoms with Gasteiger partial charge in [-0.2, -0.15) is 0 Å². The molecule has 1 N–H and O–H groups in total. The van der Waals surface area contributed by atoms with Gasteiger partial charge in [-0.05, 0) is 48.9 Å². The number of amides is 1. The molecule has 1 aliphatic heterocycles. The number of nitrogens with zero attached hydrogens (tertiary/aromatic N) is 2. The van der Waals surface area contributed by atoms with Crippen molar-refractivity contribution >= 4 is 16.8 Å². The van der Waals surface area contributed by atoms with Gasteiger partial charge < -0.3 is 9.88 Å². The number of aromatic nitrogens is 2. The number of carbonyl (C=O) groups excluding carboxylic acids is 1. The maximum absolute atomic E-state index is 12.5. The molecule has 0 aliphatic carbocycles. The molecule has 0 radical (unpaired) electrons. The molecule has 3 aromatic rings. The van der Waals surface area contributed by atoms with Crippen LogP contribution in [0.4, 0.5) is 0 Å². The largest absolute Gasteiger partial charge is 0.361 e. The van der Waals surface area contributed by atoms with E-state index in [-0.39, 0.29) is 5.91 Å². The highest BCUT2D eigenvalue weighted by Crippen LogP contribution is 2.26. The van der Waals surface area contributed by atoms with Crippen molar-refractivity contribution in [1.29, 1.82) is 0 Å². The molecule has 4 nitrogen and oxygen atoms in total. The third kappa shape index (κ3) is 2.92. The van der Waals surface area contributed by atoms with E-state index in [9.17, 15) is 4.79 Å². The van der Waals surface area contributed by atoms with Crippen LogP contribution in [0.2, 0.25) is 0 Å². The molecular weight excluding hydrogens is 298 g/mol. The minimum Gasteiger partial charge on any atom is -0.361 e. The number of para-hydroxylation sites is 1. The first-order valence-corrected chi connectivity index (χ1v) is 8.56. The SMILES string of the molecule is O=C(c1ccccn1)N1CCC(Cc2c[nH]c3ccccc23)CC1. The van der Waals surface area contributed by atoms with Crippen LogP contribution in [-0.2, 0) is 6.42 Å². The van der Waals surface area contributed by atoms with E-state index < -0.39 is 0 Å². The molecule has 24 heavy (non-hydrogen) atoms. The van der Waals surface area contributed by atoms with E-state index in [1.807, 2.05) is 17.0 Å². The molecule has 0 bridgehead atoms. The van der Waals surface area contributed by atoms with Crippen LogP contribution in [0.15, 0.2) is 54.9 Å². The summed E-state index contributed by atoms with van der Waals surface area (Å²) in [5.41, 5.74) is 3.14. The number of rotatable bonds is 3. The van der Waals surface area contributed by atoms with Crippen molar-refractivity contribution in [2.45, 2.75) is 19.3 Å². The van der Waals surface area contributed by atoms with Crippen LogP contribution in [-0.4, -0.2) is 33.9 Å². The van der Waals surface area contributed by atoms with Gasteiger partial charge in [0.25, 0.3) is 5.91 Å². The molecule has 1 fully saturated rings. The van der Waals surface area contributed by atoms with E-state index in [4.69, 9.17) is 0 Å². The predicted molar refractivity (Wildman–Crippen MR) is 94.9 cm³/mol. The second kappa shape index (κ2) is 6.48. The number of pyridine rings is 1. The van der Waals surface area contributed by atoms with E-state index in [0.29, 0.717) is 11.6 Å². The summed E-state index contributed by atoms with van der Waals surface area (Å²) in [7, 11) is 0. The molecular formula is C20H21N3O. The summed E-state index contributed by atoms with van der Waals surface area (Å²) in [5.74, 6) is 0.693. The van der Waals surface area contributed by atoms with Gasteiger partial charge >= 0.3 is 0 Å². The predicted octanol–water partition coefficient (Wildman–Crippen LogP) is 3.66. The van der Waals surface area contributed by atoms with Gasteiger partial charge in [0, 0.05) is 36.4 Å². The molecule has 122 valence electrons. The Morgan fingerprint density at radius 2 is 1.92 bits per heavy atom. The first-order valence-electron chi connectivity index (χ1n) is 8.56. The Hall–Kier alpha value is -2.62. The van der Waals surface area contributed by atoms with Crippen LogP contribution in [0, 0.1) is 5.92 Å². The third-order valence-electron chi connectivity index (χ3n) is 4.97. The summed E-state index contributed by atoms with van der Waals surface area (Å²) in [6, 6.07) is 13.9. The molecule has 1 aliphatic rings. The summed E-state index contributed by atoms with van der Waals surface area (Å²) in [6.07, 6.45) is 7.00. The second-order valence-electron chi connectivity index (χ2n) is 6.51. The zero-order valence-corrected chi connectivity index (χ0v) is 13.6. The Kier molecular flexibility index (Phi) is 4.03. The summed E-state index contributed by atoms with van der Waals surface area (Å²) >= 11 is 0. The van der Waals surface area contributed by atoms with Crippen LogP contribution >= 0.6 is 0 Å². The second-order valence-corrected chi connectivity index (χ2v) is 6.51. The Morgan fingerprint density at radius 3 is 2.71 bits per heavy atom. The summed E-state index contributed by atoms with van der Waals surface area (Å²) < 4.78 is 0. The fourth-order valence-corrected chi connectivity index (χ4v) is 3.60. The van der Waals surface area contributed by atoms with Crippen LogP contribution < -0.4 is 0 Å². The number of H-pyrrole nitrogens is 1. The van der Waals surface area contributed by atoms with Crippen molar-refractivity contribution < 1.29 is 4.79 Å². The van der Waals surface area contributed by atoms with E-state index in [1.54, 1.807) is 12.3 Å². The van der Waals surface area contributed by atoms with Gasteiger partial charge in [0.2, 0.25) is 0 Å². The lowest BCUT2D eigenvalue weighted by atomic mass is 9.90. The summed E-state index contributed by atoms with van der Waals surface area (Å²) in [4.78, 5) is 21.9. The Labute approximate surface area is 141 Å². The Balaban J connectivity index is 1.39. The average molecular weight is 319 g/mol. The normalized spacial score (nSPS) is 15.8. The number of hydrogen-bond donors (Lipinski definition) is 1. The van der Waals surface area contributed by atoms with Gasteiger partial charge in [-0.1, -0.05) is 24.3 Å². The summed E-state index contributed by atoms with van der Waals surface area (Å²) in [5, 5.41) is 1.32. The topological polar surface area (TPSA) is 49.0 Å². The van der Waals surface area contributed by atoms with Gasteiger partial charge in [0.1, 0.15) is 5.69 Å². The molecule has 1 saturated heterocycles. The fourth-order valence-electron chi connectivity index (χ4n) is 3.60. The number of nitrogens with one attached hydrogen (secondary N) is 1. The zero-order valence-electron chi connectivity index (χ0n) is 13.6. The first-order chi connectivity index (χ1) is 11.8. The standard InChI is InChI=1S/C20H21N3O/c24-20(19-7-3-4-10-21-19)23-11-8-15(9-12-23)13-16-14-22-18-6-2-1-5-17(16)18/h1-7,10,14-15,22H,8-9,11-13H2. The number of benzene rings is 1. The number of likely N-dealkylation sites (tertiary alicyclic amines) is 1. The van der Waals surface area contributed by atoms with E-state index >= 15 is 0 Å². The molecule has 1 amide bonds. The smallest absolute Gasteiger partial charge is 0.272 e. The van der Waals surface area contributed by atoms with Gasteiger partial charge in [0.05, 0.1) is 0 Å². The van der Waals surface area contributed by atoms with Crippen molar-refractivity contribution in [3.05, 3.63) is 66.1 Å². The molecule has 2 aromatic heterocycles. The minimum absolute atomic E-state index is 0.0566. The average Bonchev–Trinajstić information content (AvgIpc) is 3.06. The highest BCUT2D eigenvalue weighted by molar-refractivity contribution is 5.92. The van der Waals surface area contributed by atoms with E-state index in [2.05, 4.69) is 40.4 Å². The van der Waals surface area contributed by atoms with Crippen molar-refractivity contribution in [3.8, 4) is 0 Å². The van der Waals surface area contributed by atoms with Crippen LogP contribution in [0.25, 0.3) is 10.9 Å². The van der Waals surface area contributed by atoms with E-state index in [1.165, 1.54) is 16.5 Å². The number of fused-ring (bicyclic) bond motifs is 1. The number of aromatic amines is 1. The highest BCUT2D eigenvalue weighted by Gasteiger charge is 2.24. The van der Waals surface area contributed by atoms with Crippen molar-refractivity contribution in [2.75, 3.05) is 13.1 Å². The quantitative estimate of drug-likeness (QED) is 0.801. The van der Waals surface area contributed by atoms with Gasteiger partial charge in [-0.15, -0.1) is 0 Å². The molecule has 4 heteroatoms. The van der Waals surface area contributed by atoms with Gasteiger partial charge in [-0.3, -0.25) is 9.78 Å². The maximum atomic E-state index is 12.5. The molecule has 0 unspecified atom stereocenters. The molecule has 4 rings (SSSR count). The van der Waals surface area contributed by atoms with Crippen molar-refractivity contribution in [3.63, 3.8) is 0 Å². The highest BCUT2D eigenvalue weighted by atomic mass is 16.2. The molecule has 0 atom stereocenters. The first kappa shape index (κ1) is 14.9. The third-order valence-corrected chi connectivity index (χ3v) is 4.97. The van der Waals surface area contributed by atoms with Crippen LogP contribution in [0.1, 0.15) is 28.9 Å². The molecule has 1 aromatic carbocycles. The van der Waals surface area contributed by atoms with Gasteiger partial charge in [-0.25, -0.2) is 0 Å². The lowest BCUT2D eigenvalue weighted by molar-refractivity contribution is 0.0684. The van der Waals surface area contributed by atoms with Gasteiger partial charge in [0.15, 0.2) is 0 Å². The van der Waals surface area contributed by atoms with Crippen LogP contribution in [0.3, 0.4) is 0 Å². The Bertz CT molecular complexity index is 832. The van der Waals surface area contributed by atoms with Crippen molar-refractivity contribution in [2.24, 2.45) is 5.92 Å². The number of carbonyl (C=O) groups is 1. The minimum atomic E-state index is 0.0566. The monoisotopic (exact) mass is 319 g/mol. The maximum Gasteiger partial charge on any atom is 0.272 e. The van der Waals surface area contributed by atoms with Crippen molar-refractivity contribution in [1.82, 2.24) is 14.9 Å². The fraction of sp³-hybridized carbons (Fsp3) is 0.300. The number of hydrogen-bond acceptors (Lipinski definition) is 2. The lowest BCUT2D eigenvalue weighted by Crippen LogP contribution is -2.39. The zero-order chi connectivity index (χ0) is 16.4. The lowest BCUT2D eigenvalue weighted by Gasteiger charge is -2.31. The Morgan fingerprint density at radius 1 is 1.12 bits per heavy atom. The summed E-state index contributed by atoms with van der Waals surface area (Å²) in [6.45, 7) is 1.64. The number of piperidine rings is 1. The van der Waals surface area contributed by atoms with E-state index in [0.717, 1.165) is 32.4 Å². The molecule has 0 spiro atoms.